The first kappa shape index (κ1) is 22.0. The van der Waals surface area contributed by atoms with Crippen molar-refractivity contribution in [3.8, 4) is 17.0 Å². The van der Waals surface area contributed by atoms with Gasteiger partial charge in [0.15, 0.2) is 0 Å². The molecular formula is C25H26N6O2. The topological polar surface area (TPSA) is 97.8 Å². The highest BCUT2D eigenvalue weighted by Gasteiger charge is 2.13. The molecule has 0 saturated carbocycles. The fourth-order valence-electron chi connectivity index (χ4n) is 3.66. The highest BCUT2D eigenvalue weighted by atomic mass is 16.5. The Morgan fingerprint density at radius 2 is 1.94 bits per heavy atom. The van der Waals surface area contributed by atoms with E-state index in [9.17, 15) is 4.79 Å². The molecule has 3 heterocycles. The number of pyridine rings is 2. The van der Waals surface area contributed by atoms with Gasteiger partial charge in [0.25, 0.3) is 5.91 Å². The molecule has 8 heteroatoms. The summed E-state index contributed by atoms with van der Waals surface area (Å²) in [6.45, 7) is 2.79. The Bertz CT molecular complexity index is 1360. The lowest BCUT2D eigenvalue weighted by molar-refractivity contribution is 0.0950. The number of nitrogens with zero attached hydrogens (tertiary/aromatic N) is 4. The molecule has 1 aromatic carbocycles. The van der Waals surface area contributed by atoms with E-state index in [1.54, 1.807) is 30.1 Å². The zero-order valence-electron chi connectivity index (χ0n) is 18.9. The van der Waals surface area contributed by atoms with Gasteiger partial charge in [0, 0.05) is 61.3 Å². The lowest BCUT2D eigenvalue weighted by atomic mass is 9.98. The SMILES string of the molecule is COc1cc(CNC(=O)c2cc(Cn3ccn(C)c3=N)cc(-c3cccnc3C)c2)ccn1. The average Bonchev–Trinajstić information content (AvgIpc) is 3.15. The van der Waals surface area contributed by atoms with Crippen LogP contribution in [0.3, 0.4) is 0 Å². The molecule has 0 spiro atoms. The first-order valence-electron chi connectivity index (χ1n) is 10.5. The van der Waals surface area contributed by atoms with Gasteiger partial charge in [-0.3, -0.25) is 15.2 Å². The molecule has 1 amide bonds. The van der Waals surface area contributed by atoms with E-state index in [1.165, 1.54) is 0 Å². The average molecular weight is 443 g/mol. The van der Waals surface area contributed by atoms with Crippen LogP contribution >= 0.6 is 0 Å². The molecule has 8 nitrogen and oxygen atoms in total. The number of carbonyl (C=O) groups is 1. The summed E-state index contributed by atoms with van der Waals surface area (Å²) in [5, 5.41) is 11.2. The summed E-state index contributed by atoms with van der Waals surface area (Å²) in [5.74, 6) is 0.323. The lowest BCUT2D eigenvalue weighted by Crippen LogP contribution is -2.24. The molecule has 0 saturated heterocycles. The van der Waals surface area contributed by atoms with E-state index in [0.29, 0.717) is 30.2 Å². The Morgan fingerprint density at radius 3 is 2.67 bits per heavy atom. The van der Waals surface area contributed by atoms with Gasteiger partial charge in [-0.1, -0.05) is 6.07 Å². The van der Waals surface area contributed by atoms with Crippen molar-refractivity contribution in [3.05, 3.63) is 95.3 Å². The molecule has 0 unspecified atom stereocenters. The van der Waals surface area contributed by atoms with Crippen molar-refractivity contribution in [1.29, 1.82) is 5.41 Å². The third-order valence-electron chi connectivity index (χ3n) is 5.46. The maximum absolute atomic E-state index is 13.1. The smallest absolute Gasteiger partial charge is 0.251 e. The molecule has 0 bridgehead atoms. The number of ether oxygens (including phenoxy) is 1. The van der Waals surface area contributed by atoms with Gasteiger partial charge in [0.2, 0.25) is 11.5 Å². The molecule has 0 atom stereocenters. The minimum absolute atomic E-state index is 0.181. The van der Waals surface area contributed by atoms with Crippen molar-refractivity contribution in [2.75, 3.05) is 7.11 Å². The minimum Gasteiger partial charge on any atom is -0.481 e. The van der Waals surface area contributed by atoms with Crippen LogP contribution in [0.2, 0.25) is 0 Å². The number of aromatic nitrogens is 4. The molecule has 4 aromatic rings. The van der Waals surface area contributed by atoms with Crippen LogP contribution in [-0.2, 0) is 20.1 Å². The van der Waals surface area contributed by atoms with Crippen molar-refractivity contribution in [1.82, 2.24) is 24.4 Å². The van der Waals surface area contributed by atoms with Crippen LogP contribution in [-0.4, -0.2) is 32.1 Å². The summed E-state index contributed by atoms with van der Waals surface area (Å²) < 4.78 is 8.73. The highest BCUT2D eigenvalue weighted by Crippen LogP contribution is 2.25. The molecule has 0 radical (unpaired) electrons. The fraction of sp³-hybridized carbons (Fsp3) is 0.200. The maximum atomic E-state index is 13.1. The Hall–Kier alpha value is -4.20. The first-order chi connectivity index (χ1) is 15.9. The summed E-state index contributed by atoms with van der Waals surface area (Å²) in [5.41, 5.74) is 5.53. The predicted molar refractivity (Wildman–Crippen MR) is 125 cm³/mol. The molecule has 2 N–H and O–H groups in total. The molecule has 168 valence electrons. The number of nitrogens with one attached hydrogen (secondary N) is 2. The van der Waals surface area contributed by atoms with Gasteiger partial charge in [0.1, 0.15) is 0 Å². The van der Waals surface area contributed by atoms with E-state index in [2.05, 4.69) is 15.3 Å². The molecular weight excluding hydrogens is 416 g/mol. The summed E-state index contributed by atoms with van der Waals surface area (Å²) in [4.78, 5) is 21.6. The van der Waals surface area contributed by atoms with E-state index in [1.807, 2.05) is 67.3 Å². The monoisotopic (exact) mass is 442 g/mol. The van der Waals surface area contributed by atoms with Gasteiger partial charge in [0.05, 0.1) is 13.7 Å². The number of hydrogen-bond acceptors (Lipinski definition) is 5. The van der Waals surface area contributed by atoms with Crippen LogP contribution in [0, 0.1) is 12.3 Å². The second-order valence-corrected chi connectivity index (χ2v) is 7.80. The van der Waals surface area contributed by atoms with Gasteiger partial charge in [-0.2, -0.15) is 0 Å². The number of rotatable bonds is 7. The Balaban J connectivity index is 1.66. The summed E-state index contributed by atoms with van der Waals surface area (Å²) in [7, 11) is 3.40. The number of aryl methyl sites for hydroxylation is 2. The van der Waals surface area contributed by atoms with E-state index >= 15 is 0 Å². The van der Waals surface area contributed by atoms with Crippen molar-refractivity contribution in [3.63, 3.8) is 0 Å². The second kappa shape index (κ2) is 9.52. The van der Waals surface area contributed by atoms with Crippen molar-refractivity contribution in [2.45, 2.75) is 20.0 Å². The van der Waals surface area contributed by atoms with Gasteiger partial charge in [-0.15, -0.1) is 0 Å². The number of carbonyl (C=O) groups excluding carboxylic acids is 1. The maximum Gasteiger partial charge on any atom is 0.251 e. The standard InChI is InChI=1S/C25H26N6O2/c1-17-22(5-4-7-27-17)20-11-19(16-31-10-9-30(2)25(31)26)12-21(14-20)24(32)29-15-18-6-8-28-23(13-18)33-3/h4-14,26H,15-16H2,1-3H3,(H,29,32). The number of hydrogen-bond donors (Lipinski definition) is 2. The lowest BCUT2D eigenvalue weighted by Gasteiger charge is -2.13. The van der Waals surface area contributed by atoms with Crippen molar-refractivity contribution < 1.29 is 9.53 Å². The van der Waals surface area contributed by atoms with Gasteiger partial charge < -0.3 is 19.2 Å². The zero-order valence-corrected chi connectivity index (χ0v) is 18.9. The Kier molecular flexibility index (Phi) is 6.35. The van der Waals surface area contributed by atoms with Gasteiger partial charge in [-0.25, -0.2) is 4.98 Å². The number of amides is 1. The summed E-state index contributed by atoms with van der Waals surface area (Å²) in [6.07, 6.45) is 7.11. The fourth-order valence-corrected chi connectivity index (χ4v) is 3.66. The quantitative estimate of drug-likeness (QED) is 0.460. The highest BCUT2D eigenvalue weighted by molar-refractivity contribution is 5.95. The molecule has 0 fully saturated rings. The van der Waals surface area contributed by atoms with Crippen LogP contribution < -0.4 is 15.7 Å². The molecule has 33 heavy (non-hydrogen) atoms. The normalized spacial score (nSPS) is 10.8. The van der Waals surface area contributed by atoms with Crippen LogP contribution in [0.25, 0.3) is 11.1 Å². The third-order valence-corrected chi connectivity index (χ3v) is 5.46. The first-order valence-corrected chi connectivity index (χ1v) is 10.5. The molecule has 4 rings (SSSR count). The van der Waals surface area contributed by atoms with Crippen LogP contribution in [0.5, 0.6) is 5.88 Å². The van der Waals surface area contributed by atoms with Crippen LogP contribution in [0.1, 0.15) is 27.2 Å². The van der Waals surface area contributed by atoms with E-state index in [0.717, 1.165) is 27.9 Å². The predicted octanol–water partition coefficient (Wildman–Crippen LogP) is 3.06. The van der Waals surface area contributed by atoms with Gasteiger partial charge >= 0.3 is 0 Å². The summed E-state index contributed by atoms with van der Waals surface area (Å²) in [6, 6.07) is 13.3. The van der Waals surface area contributed by atoms with Gasteiger partial charge in [-0.05, 0) is 53.9 Å². The van der Waals surface area contributed by atoms with Crippen molar-refractivity contribution >= 4 is 5.91 Å². The molecule has 0 aliphatic carbocycles. The van der Waals surface area contributed by atoms with E-state index in [-0.39, 0.29) is 5.91 Å². The number of benzene rings is 1. The van der Waals surface area contributed by atoms with E-state index < -0.39 is 0 Å². The van der Waals surface area contributed by atoms with Crippen LogP contribution in [0.15, 0.2) is 67.3 Å². The Labute approximate surface area is 192 Å². The number of imidazole rings is 1. The third kappa shape index (κ3) is 5.01. The molecule has 0 aliphatic heterocycles. The Morgan fingerprint density at radius 1 is 1.09 bits per heavy atom. The van der Waals surface area contributed by atoms with E-state index in [4.69, 9.17) is 10.1 Å². The minimum atomic E-state index is -0.181. The largest absolute Gasteiger partial charge is 0.481 e. The zero-order chi connectivity index (χ0) is 23.4. The molecule has 0 aliphatic rings. The molecule has 3 aromatic heterocycles. The van der Waals surface area contributed by atoms with Crippen LogP contribution in [0.4, 0.5) is 0 Å². The summed E-state index contributed by atoms with van der Waals surface area (Å²) >= 11 is 0. The number of methoxy groups -OCH3 is 1. The second-order valence-electron chi connectivity index (χ2n) is 7.80. The van der Waals surface area contributed by atoms with Crippen molar-refractivity contribution in [2.24, 2.45) is 7.05 Å².